The van der Waals surface area contributed by atoms with Crippen LogP contribution >= 0.6 is 23.2 Å². The molecule has 98 valence electrons. The highest BCUT2D eigenvalue weighted by Gasteiger charge is 2.31. The van der Waals surface area contributed by atoms with E-state index in [0.717, 1.165) is 19.4 Å². The monoisotopic (exact) mass is 286 g/mol. The summed E-state index contributed by atoms with van der Waals surface area (Å²) in [6.07, 6.45) is 2.12. The maximum atomic E-state index is 12.4. The first kappa shape index (κ1) is 13.6. The van der Waals surface area contributed by atoms with E-state index in [0.29, 0.717) is 17.5 Å². The molecule has 1 aromatic rings. The summed E-state index contributed by atoms with van der Waals surface area (Å²) in [5.41, 5.74) is 0.521. The van der Waals surface area contributed by atoms with Gasteiger partial charge in [0, 0.05) is 18.2 Å². The van der Waals surface area contributed by atoms with Crippen LogP contribution in [0.2, 0.25) is 10.3 Å². The van der Waals surface area contributed by atoms with E-state index >= 15 is 0 Å². The van der Waals surface area contributed by atoms with Crippen molar-refractivity contribution < 1.29 is 4.79 Å². The number of carbonyl (C=O) groups excluding carboxylic acids is 1. The molecule has 1 atom stereocenters. The Morgan fingerprint density at radius 3 is 2.56 bits per heavy atom. The summed E-state index contributed by atoms with van der Waals surface area (Å²) >= 11 is 11.7. The van der Waals surface area contributed by atoms with E-state index in [4.69, 9.17) is 23.2 Å². The summed E-state index contributed by atoms with van der Waals surface area (Å²) in [4.78, 5) is 18.2. The molecule has 1 aliphatic heterocycles. The fraction of sp³-hybridized carbons (Fsp3) is 0.538. The molecule has 0 N–H and O–H groups in total. The molecule has 2 rings (SSSR count). The van der Waals surface area contributed by atoms with Crippen LogP contribution in [-0.4, -0.2) is 28.4 Å². The Hall–Kier alpha value is -0.800. The lowest BCUT2D eigenvalue weighted by molar-refractivity contribution is 0.0701. The van der Waals surface area contributed by atoms with Crippen LogP contribution in [0.25, 0.3) is 0 Å². The van der Waals surface area contributed by atoms with Crippen LogP contribution in [0.1, 0.15) is 37.0 Å². The predicted molar refractivity (Wildman–Crippen MR) is 73.2 cm³/mol. The Kier molecular flexibility index (Phi) is 4.13. The van der Waals surface area contributed by atoms with Crippen LogP contribution in [0.3, 0.4) is 0 Å². The summed E-state index contributed by atoms with van der Waals surface area (Å²) in [6, 6.07) is 3.46. The standard InChI is InChI=1S/C13H16Cl2N2O/c1-8(2)10-4-3-5-17(10)13(18)9-6-11(14)16-12(15)7-9/h6-8,10H,3-5H2,1-2H3. The molecule has 1 saturated heterocycles. The van der Waals surface area contributed by atoms with E-state index in [1.807, 2.05) is 4.90 Å². The van der Waals surface area contributed by atoms with Gasteiger partial charge in [-0.3, -0.25) is 4.79 Å². The van der Waals surface area contributed by atoms with Crippen molar-refractivity contribution in [1.29, 1.82) is 0 Å². The minimum atomic E-state index is -0.00241. The first-order valence-corrected chi connectivity index (χ1v) is 6.88. The maximum Gasteiger partial charge on any atom is 0.254 e. The summed E-state index contributed by atoms with van der Waals surface area (Å²) in [7, 11) is 0. The molecule has 0 saturated carbocycles. The van der Waals surface area contributed by atoms with Crippen molar-refractivity contribution in [3.8, 4) is 0 Å². The molecule has 0 spiro atoms. The largest absolute Gasteiger partial charge is 0.335 e. The van der Waals surface area contributed by atoms with E-state index in [9.17, 15) is 4.79 Å². The smallest absolute Gasteiger partial charge is 0.254 e. The highest BCUT2D eigenvalue weighted by atomic mass is 35.5. The zero-order chi connectivity index (χ0) is 13.3. The second-order valence-corrected chi connectivity index (χ2v) is 5.73. The van der Waals surface area contributed by atoms with Crippen molar-refractivity contribution in [3.05, 3.63) is 28.0 Å². The highest BCUT2D eigenvalue weighted by Crippen LogP contribution is 2.26. The molecule has 5 heteroatoms. The predicted octanol–water partition coefficient (Wildman–Crippen LogP) is 3.65. The van der Waals surface area contributed by atoms with Gasteiger partial charge in [-0.15, -0.1) is 0 Å². The van der Waals surface area contributed by atoms with E-state index in [-0.39, 0.29) is 16.2 Å². The molecule has 1 aliphatic rings. The third kappa shape index (κ3) is 2.78. The van der Waals surface area contributed by atoms with Crippen LogP contribution < -0.4 is 0 Å². The first-order chi connectivity index (χ1) is 8.49. The van der Waals surface area contributed by atoms with Gasteiger partial charge in [0.1, 0.15) is 10.3 Å². The van der Waals surface area contributed by atoms with E-state index < -0.39 is 0 Å². The van der Waals surface area contributed by atoms with Crippen molar-refractivity contribution in [1.82, 2.24) is 9.88 Å². The quantitative estimate of drug-likeness (QED) is 0.778. The number of rotatable bonds is 2. The Morgan fingerprint density at radius 2 is 2.00 bits per heavy atom. The summed E-state index contributed by atoms with van der Waals surface area (Å²) < 4.78 is 0. The SMILES string of the molecule is CC(C)C1CCCN1C(=O)c1cc(Cl)nc(Cl)c1. The van der Waals surface area contributed by atoms with Gasteiger partial charge >= 0.3 is 0 Å². The number of aromatic nitrogens is 1. The van der Waals surface area contributed by atoms with E-state index in [2.05, 4.69) is 18.8 Å². The molecule has 1 fully saturated rings. The third-order valence-corrected chi connectivity index (χ3v) is 3.73. The van der Waals surface area contributed by atoms with Crippen molar-refractivity contribution in [2.45, 2.75) is 32.7 Å². The van der Waals surface area contributed by atoms with Gasteiger partial charge in [-0.1, -0.05) is 37.0 Å². The lowest BCUT2D eigenvalue weighted by Crippen LogP contribution is -2.38. The summed E-state index contributed by atoms with van der Waals surface area (Å²) in [5.74, 6) is 0.460. The molecule has 0 bridgehead atoms. The molecule has 3 nitrogen and oxygen atoms in total. The Bertz CT molecular complexity index is 442. The van der Waals surface area contributed by atoms with E-state index in [1.54, 1.807) is 12.1 Å². The summed E-state index contributed by atoms with van der Waals surface area (Å²) in [6.45, 7) is 5.09. The van der Waals surface area contributed by atoms with Crippen LogP contribution in [0.5, 0.6) is 0 Å². The van der Waals surface area contributed by atoms with Crippen molar-refractivity contribution in [2.24, 2.45) is 5.92 Å². The van der Waals surface area contributed by atoms with Gasteiger partial charge in [0.25, 0.3) is 5.91 Å². The minimum absolute atomic E-state index is 0.00241. The van der Waals surface area contributed by atoms with E-state index in [1.165, 1.54) is 0 Å². The number of hydrogen-bond donors (Lipinski definition) is 0. The normalized spacial score (nSPS) is 19.6. The topological polar surface area (TPSA) is 33.2 Å². The van der Waals surface area contributed by atoms with Gasteiger partial charge in [0.2, 0.25) is 0 Å². The fourth-order valence-electron chi connectivity index (χ4n) is 2.49. The number of likely N-dealkylation sites (tertiary alicyclic amines) is 1. The average Bonchev–Trinajstić information content (AvgIpc) is 2.75. The van der Waals surface area contributed by atoms with Crippen molar-refractivity contribution in [2.75, 3.05) is 6.54 Å². The second-order valence-electron chi connectivity index (χ2n) is 4.95. The van der Waals surface area contributed by atoms with Crippen LogP contribution in [0.15, 0.2) is 12.1 Å². The molecular formula is C13H16Cl2N2O. The molecule has 1 unspecified atom stereocenters. The van der Waals surface area contributed by atoms with Crippen LogP contribution in [0, 0.1) is 5.92 Å². The Labute approximate surface area is 117 Å². The molecule has 1 amide bonds. The second kappa shape index (κ2) is 5.45. The van der Waals surface area contributed by atoms with Gasteiger partial charge in [0.15, 0.2) is 0 Å². The molecule has 0 aromatic carbocycles. The number of nitrogens with zero attached hydrogens (tertiary/aromatic N) is 2. The summed E-state index contributed by atoms with van der Waals surface area (Å²) in [5, 5.41) is 0.511. The number of halogens is 2. The number of hydrogen-bond acceptors (Lipinski definition) is 2. The van der Waals surface area contributed by atoms with Gasteiger partial charge in [-0.05, 0) is 30.9 Å². The first-order valence-electron chi connectivity index (χ1n) is 6.13. The number of pyridine rings is 1. The lowest BCUT2D eigenvalue weighted by Gasteiger charge is -2.27. The molecule has 0 aliphatic carbocycles. The zero-order valence-corrected chi connectivity index (χ0v) is 12.0. The zero-order valence-electron chi connectivity index (χ0n) is 10.5. The lowest BCUT2D eigenvalue weighted by atomic mass is 10.0. The van der Waals surface area contributed by atoms with Gasteiger partial charge in [0.05, 0.1) is 0 Å². The Balaban J connectivity index is 2.25. The number of carbonyl (C=O) groups is 1. The molecule has 0 radical (unpaired) electrons. The van der Waals surface area contributed by atoms with Crippen molar-refractivity contribution in [3.63, 3.8) is 0 Å². The van der Waals surface area contributed by atoms with Crippen LogP contribution in [-0.2, 0) is 0 Å². The van der Waals surface area contributed by atoms with Crippen LogP contribution in [0.4, 0.5) is 0 Å². The maximum absolute atomic E-state index is 12.4. The third-order valence-electron chi connectivity index (χ3n) is 3.34. The molecule has 1 aromatic heterocycles. The Morgan fingerprint density at radius 1 is 1.39 bits per heavy atom. The average molecular weight is 287 g/mol. The minimum Gasteiger partial charge on any atom is -0.335 e. The van der Waals surface area contributed by atoms with Gasteiger partial charge in [-0.2, -0.15) is 0 Å². The van der Waals surface area contributed by atoms with Crippen molar-refractivity contribution >= 4 is 29.1 Å². The molecule has 2 heterocycles. The number of amides is 1. The van der Waals surface area contributed by atoms with Gasteiger partial charge < -0.3 is 4.90 Å². The fourth-order valence-corrected chi connectivity index (χ4v) is 2.95. The highest BCUT2D eigenvalue weighted by molar-refractivity contribution is 6.33. The van der Waals surface area contributed by atoms with Gasteiger partial charge in [-0.25, -0.2) is 4.98 Å². The molecule has 18 heavy (non-hydrogen) atoms. The molecular weight excluding hydrogens is 271 g/mol.